The molecule has 2 aromatic carbocycles. The molecule has 0 saturated heterocycles. The van der Waals surface area contributed by atoms with Gasteiger partial charge in [0.25, 0.3) is 5.56 Å². The second kappa shape index (κ2) is 5.82. The zero-order valence-corrected chi connectivity index (χ0v) is 14.5. The number of pyridine rings is 1. The van der Waals surface area contributed by atoms with Gasteiger partial charge in [-0.05, 0) is 35.9 Å². The summed E-state index contributed by atoms with van der Waals surface area (Å²) in [5.74, 6) is -0.434. The van der Waals surface area contributed by atoms with E-state index in [0.29, 0.717) is 38.1 Å². The number of aromatic amines is 1. The number of hydrogen-bond acceptors (Lipinski definition) is 3. The van der Waals surface area contributed by atoms with Gasteiger partial charge in [0.05, 0.1) is 11.1 Å². The Morgan fingerprint density at radius 1 is 1.20 bits per heavy atom. The van der Waals surface area contributed by atoms with E-state index in [1.54, 1.807) is 30.5 Å². The van der Waals surface area contributed by atoms with Crippen molar-refractivity contribution in [2.45, 2.75) is 4.90 Å². The van der Waals surface area contributed by atoms with Crippen LogP contribution in [0, 0.1) is 5.82 Å². The molecule has 7 heteroatoms. The van der Waals surface area contributed by atoms with Crippen molar-refractivity contribution in [3.63, 3.8) is 0 Å². The van der Waals surface area contributed by atoms with Gasteiger partial charge in [-0.1, -0.05) is 23.7 Å². The lowest BCUT2D eigenvalue weighted by Gasteiger charge is -2.06. The molecule has 126 valence electrons. The molecule has 0 saturated carbocycles. The van der Waals surface area contributed by atoms with Crippen LogP contribution in [0.3, 0.4) is 0 Å². The van der Waals surface area contributed by atoms with Crippen LogP contribution >= 0.6 is 11.6 Å². The Kier molecular flexibility index (Phi) is 3.74. The molecule has 2 aromatic heterocycles. The van der Waals surface area contributed by atoms with E-state index < -0.39 is 22.2 Å². The smallest absolute Gasteiger partial charge is 0.268 e. The van der Waals surface area contributed by atoms with Gasteiger partial charge in [-0.15, -0.1) is 0 Å². The summed E-state index contributed by atoms with van der Waals surface area (Å²) in [6, 6.07) is 11.0. The highest BCUT2D eigenvalue weighted by atomic mass is 35.5. The van der Waals surface area contributed by atoms with E-state index in [4.69, 9.17) is 16.0 Å². The average Bonchev–Trinajstić information content (AvgIpc) is 2.93. The molecule has 1 atom stereocenters. The van der Waals surface area contributed by atoms with Crippen LogP contribution in [0.4, 0.5) is 4.39 Å². The van der Waals surface area contributed by atoms with E-state index in [1.165, 1.54) is 18.2 Å². The number of nitrogens with one attached hydrogen (secondary N) is 1. The number of benzene rings is 2. The molecule has 4 aromatic rings. The van der Waals surface area contributed by atoms with Gasteiger partial charge in [0.2, 0.25) is 0 Å². The minimum absolute atomic E-state index is 0.0361. The summed E-state index contributed by atoms with van der Waals surface area (Å²) in [7, 11) is -1.19. The maximum Gasteiger partial charge on any atom is 0.268 e. The van der Waals surface area contributed by atoms with Crippen LogP contribution in [0.1, 0.15) is 0 Å². The molecule has 2 heterocycles. The summed E-state index contributed by atoms with van der Waals surface area (Å²) in [6.07, 6.45) is 1.57. The fourth-order valence-corrected chi connectivity index (χ4v) is 3.65. The molecule has 0 bridgehead atoms. The second-order valence-corrected chi connectivity index (χ2v) is 7.33. The zero-order valence-electron chi connectivity index (χ0n) is 12.9. The lowest BCUT2D eigenvalue weighted by Crippen LogP contribution is -2.07. The van der Waals surface area contributed by atoms with Crippen molar-refractivity contribution < 1.29 is 13.0 Å². The number of hydrogen-bond donors (Lipinski definition) is 1. The number of halogens is 2. The van der Waals surface area contributed by atoms with Crippen molar-refractivity contribution in [1.82, 2.24) is 4.98 Å². The summed E-state index contributed by atoms with van der Waals surface area (Å²) >= 11 is 6.24. The Hall–Kier alpha value is -2.44. The van der Waals surface area contributed by atoms with Crippen LogP contribution in [0.5, 0.6) is 0 Å². The largest absolute Gasteiger partial charge is 0.454 e. The lowest BCUT2D eigenvalue weighted by atomic mass is 10.1. The predicted molar refractivity (Wildman–Crippen MR) is 97.1 cm³/mol. The van der Waals surface area contributed by atoms with Crippen LogP contribution < -0.4 is 5.56 Å². The molecule has 0 amide bonds. The molecule has 1 unspecified atom stereocenters. The standard InChI is InChI=1S/C18H11ClFNO3S/c1-25(23)11-4-2-3-9(7-11)14-15(19)18(22)21-16-12-8-10(20)5-6-13(12)24-17(14)16/h2-8H,1H3,(H,21,22). The van der Waals surface area contributed by atoms with Crippen LogP contribution in [-0.4, -0.2) is 15.4 Å². The number of furan rings is 1. The van der Waals surface area contributed by atoms with Gasteiger partial charge in [-0.2, -0.15) is 0 Å². The highest BCUT2D eigenvalue weighted by Gasteiger charge is 2.19. The summed E-state index contributed by atoms with van der Waals surface area (Å²) in [6.45, 7) is 0. The summed E-state index contributed by atoms with van der Waals surface area (Å²) < 4.78 is 31.2. The van der Waals surface area contributed by atoms with Crippen LogP contribution in [-0.2, 0) is 10.8 Å². The third kappa shape index (κ3) is 2.58. The topological polar surface area (TPSA) is 63.1 Å². The van der Waals surface area contributed by atoms with Crippen molar-refractivity contribution in [3.05, 3.63) is 63.7 Å². The van der Waals surface area contributed by atoms with Crippen molar-refractivity contribution >= 4 is 44.5 Å². The SMILES string of the molecule is CS(=O)c1cccc(-c2c(Cl)c(=O)[nH]c3c2oc2ccc(F)cc23)c1. The first kappa shape index (κ1) is 16.1. The Morgan fingerprint density at radius 3 is 2.76 bits per heavy atom. The number of fused-ring (bicyclic) bond motifs is 3. The van der Waals surface area contributed by atoms with E-state index in [-0.39, 0.29) is 5.02 Å². The van der Waals surface area contributed by atoms with Gasteiger partial charge < -0.3 is 9.40 Å². The van der Waals surface area contributed by atoms with Gasteiger partial charge in [-0.3, -0.25) is 9.00 Å². The quantitative estimate of drug-likeness (QED) is 0.562. The molecular weight excluding hydrogens is 365 g/mol. The van der Waals surface area contributed by atoms with E-state index in [1.807, 2.05) is 0 Å². The average molecular weight is 376 g/mol. The molecule has 4 nitrogen and oxygen atoms in total. The van der Waals surface area contributed by atoms with E-state index in [0.717, 1.165) is 0 Å². The van der Waals surface area contributed by atoms with Crippen molar-refractivity contribution in [3.8, 4) is 11.1 Å². The van der Waals surface area contributed by atoms with Gasteiger partial charge in [-0.25, -0.2) is 4.39 Å². The van der Waals surface area contributed by atoms with Crippen LogP contribution in [0.25, 0.3) is 33.2 Å². The molecule has 25 heavy (non-hydrogen) atoms. The van der Waals surface area contributed by atoms with Crippen molar-refractivity contribution in [1.29, 1.82) is 0 Å². The van der Waals surface area contributed by atoms with Crippen LogP contribution in [0.2, 0.25) is 5.02 Å². The number of aromatic nitrogens is 1. The second-order valence-electron chi connectivity index (χ2n) is 5.57. The van der Waals surface area contributed by atoms with E-state index in [9.17, 15) is 13.4 Å². The van der Waals surface area contributed by atoms with Gasteiger partial charge in [0.15, 0.2) is 5.58 Å². The Labute approximate surface area is 148 Å². The van der Waals surface area contributed by atoms with Gasteiger partial charge in [0, 0.05) is 27.3 Å². The van der Waals surface area contributed by atoms with Gasteiger partial charge >= 0.3 is 0 Å². The van der Waals surface area contributed by atoms with Crippen LogP contribution in [0.15, 0.2) is 56.6 Å². The molecule has 0 radical (unpaired) electrons. The molecule has 0 spiro atoms. The molecule has 4 rings (SSSR count). The molecule has 1 N–H and O–H groups in total. The highest BCUT2D eigenvalue weighted by molar-refractivity contribution is 7.84. The minimum atomic E-state index is -1.19. The first-order valence-corrected chi connectivity index (χ1v) is 9.26. The minimum Gasteiger partial charge on any atom is -0.454 e. The van der Waals surface area contributed by atoms with Gasteiger partial charge in [0.1, 0.15) is 16.4 Å². The van der Waals surface area contributed by atoms with Crippen molar-refractivity contribution in [2.75, 3.05) is 6.26 Å². The summed E-state index contributed by atoms with van der Waals surface area (Å²) in [4.78, 5) is 15.5. The maximum absolute atomic E-state index is 13.6. The third-order valence-electron chi connectivity index (χ3n) is 3.99. The monoisotopic (exact) mass is 375 g/mol. The fraction of sp³-hybridized carbons (Fsp3) is 0.0556. The lowest BCUT2D eigenvalue weighted by molar-refractivity contribution is 0.626. The molecular formula is C18H11ClFNO3S. The first-order valence-electron chi connectivity index (χ1n) is 7.33. The summed E-state index contributed by atoms with van der Waals surface area (Å²) in [5, 5.41) is 0.423. The number of H-pyrrole nitrogens is 1. The Balaban J connectivity index is 2.14. The fourth-order valence-electron chi connectivity index (χ4n) is 2.84. The van der Waals surface area contributed by atoms with Crippen molar-refractivity contribution in [2.24, 2.45) is 0 Å². The molecule has 0 aliphatic heterocycles. The molecule has 0 aliphatic carbocycles. The highest BCUT2D eigenvalue weighted by Crippen LogP contribution is 2.37. The predicted octanol–water partition coefficient (Wildman–Crippen LogP) is 4.47. The Morgan fingerprint density at radius 2 is 2.00 bits per heavy atom. The van der Waals surface area contributed by atoms with E-state index >= 15 is 0 Å². The third-order valence-corrected chi connectivity index (χ3v) is 5.27. The Bertz CT molecular complexity index is 1230. The number of rotatable bonds is 2. The summed E-state index contributed by atoms with van der Waals surface area (Å²) in [5.41, 5.74) is 1.66. The molecule has 0 aliphatic rings. The molecule has 0 fully saturated rings. The first-order chi connectivity index (χ1) is 12.0. The maximum atomic E-state index is 13.6. The normalized spacial score (nSPS) is 12.8. The zero-order chi connectivity index (χ0) is 17.7. The van der Waals surface area contributed by atoms with E-state index in [2.05, 4.69) is 4.98 Å².